The molecule has 2 N–H and O–H groups in total. The molecule has 0 aromatic heterocycles. The standard InChI is InChI=1S/C10H11NO3/c1-14-10-6-2-5-9(13)11-7(6)3-4-8(10)12/h3-4,12H,2,5H2,1H3,(H,11,13). The Labute approximate surface area is 81.5 Å². The number of ether oxygens (including phenoxy) is 1. The van der Waals surface area contributed by atoms with E-state index in [4.69, 9.17) is 4.74 Å². The van der Waals surface area contributed by atoms with Gasteiger partial charge in [-0.1, -0.05) is 0 Å². The SMILES string of the molecule is COc1c(O)ccc2c1CCC(=O)N2. The molecule has 0 bridgehead atoms. The van der Waals surface area contributed by atoms with Crippen LogP contribution in [0.3, 0.4) is 0 Å². The second kappa shape index (κ2) is 3.21. The molecule has 1 amide bonds. The minimum Gasteiger partial charge on any atom is -0.504 e. The molecule has 1 aliphatic heterocycles. The van der Waals surface area contributed by atoms with Gasteiger partial charge in [-0.25, -0.2) is 0 Å². The molecular formula is C10H11NO3. The number of carbonyl (C=O) groups is 1. The maximum absolute atomic E-state index is 11.1. The van der Waals surface area contributed by atoms with Gasteiger partial charge in [0, 0.05) is 17.7 Å². The zero-order valence-corrected chi connectivity index (χ0v) is 7.83. The number of aromatic hydroxyl groups is 1. The van der Waals surface area contributed by atoms with Gasteiger partial charge in [0.2, 0.25) is 5.91 Å². The van der Waals surface area contributed by atoms with Gasteiger partial charge in [-0.05, 0) is 18.6 Å². The lowest BCUT2D eigenvalue weighted by atomic mass is 10.0. The van der Waals surface area contributed by atoms with Crippen LogP contribution in [0.5, 0.6) is 11.5 Å². The van der Waals surface area contributed by atoms with Gasteiger partial charge in [-0.15, -0.1) is 0 Å². The molecule has 1 aliphatic rings. The maximum Gasteiger partial charge on any atom is 0.224 e. The van der Waals surface area contributed by atoms with E-state index in [2.05, 4.69) is 5.32 Å². The number of hydrogen-bond donors (Lipinski definition) is 2. The first-order valence-electron chi connectivity index (χ1n) is 4.41. The summed E-state index contributed by atoms with van der Waals surface area (Å²) in [5.41, 5.74) is 1.60. The molecule has 4 heteroatoms. The average Bonchev–Trinajstić information content (AvgIpc) is 2.18. The number of methoxy groups -OCH3 is 1. The minimum atomic E-state index is 0.00485. The van der Waals surface area contributed by atoms with E-state index in [9.17, 15) is 9.90 Å². The van der Waals surface area contributed by atoms with E-state index in [1.165, 1.54) is 13.2 Å². The molecule has 74 valence electrons. The minimum absolute atomic E-state index is 0.00485. The van der Waals surface area contributed by atoms with Crippen LogP contribution in [0.15, 0.2) is 12.1 Å². The molecule has 0 atom stereocenters. The van der Waals surface area contributed by atoms with Gasteiger partial charge in [-0.3, -0.25) is 4.79 Å². The number of amides is 1. The molecule has 1 heterocycles. The Hall–Kier alpha value is -1.71. The Bertz CT molecular complexity index is 387. The van der Waals surface area contributed by atoms with Crippen LogP contribution < -0.4 is 10.1 Å². The summed E-state index contributed by atoms with van der Waals surface area (Å²) in [4.78, 5) is 11.1. The Morgan fingerprint density at radius 3 is 2.93 bits per heavy atom. The highest BCUT2D eigenvalue weighted by Crippen LogP contribution is 2.37. The lowest BCUT2D eigenvalue weighted by Crippen LogP contribution is -2.19. The Kier molecular flexibility index (Phi) is 2.04. The molecule has 0 unspecified atom stereocenters. The van der Waals surface area contributed by atoms with E-state index in [0.29, 0.717) is 18.6 Å². The number of benzene rings is 1. The Morgan fingerprint density at radius 2 is 2.21 bits per heavy atom. The van der Waals surface area contributed by atoms with E-state index >= 15 is 0 Å². The summed E-state index contributed by atoms with van der Waals surface area (Å²) in [6.07, 6.45) is 1.05. The topological polar surface area (TPSA) is 58.6 Å². The van der Waals surface area contributed by atoms with Gasteiger partial charge in [-0.2, -0.15) is 0 Å². The zero-order valence-electron chi connectivity index (χ0n) is 7.83. The highest BCUT2D eigenvalue weighted by atomic mass is 16.5. The third-order valence-electron chi connectivity index (χ3n) is 2.32. The number of anilines is 1. The molecule has 14 heavy (non-hydrogen) atoms. The fourth-order valence-corrected chi connectivity index (χ4v) is 1.66. The van der Waals surface area contributed by atoms with Gasteiger partial charge in [0.15, 0.2) is 11.5 Å². The number of hydrogen-bond acceptors (Lipinski definition) is 3. The smallest absolute Gasteiger partial charge is 0.224 e. The summed E-state index contributed by atoms with van der Waals surface area (Å²) >= 11 is 0. The van der Waals surface area contributed by atoms with Crippen molar-refractivity contribution in [1.82, 2.24) is 0 Å². The van der Waals surface area contributed by atoms with Crippen molar-refractivity contribution in [2.75, 3.05) is 12.4 Å². The zero-order chi connectivity index (χ0) is 10.1. The van der Waals surface area contributed by atoms with Crippen molar-refractivity contribution in [3.8, 4) is 11.5 Å². The number of fused-ring (bicyclic) bond motifs is 1. The van der Waals surface area contributed by atoms with Crippen molar-refractivity contribution >= 4 is 11.6 Å². The fourth-order valence-electron chi connectivity index (χ4n) is 1.66. The highest BCUT2D eigenvalue weighted by molar-refractivity contribution is 5.94. The summed E-state index contributed by atoms with van der Waals surface area (Å²) in [5, 5.41) is 12.2. The van der Waals surface area contributed by atoms with Crippen molar-refractivity contribution in [3.05, 3.63) is 17.7 Å². The quantitative estimate of drug-likeness (QED) is 0.660. The number of rotatable bonds is 1. The molecule has 0 saturated heterocycles. The Morgan fingerprint density at radius 1 is 1.43 bits per heavy atom. The normalized spacial score (nSPS) is 14.5. The van der Waals surface area contributed by atoms with Crippen LogP contribution in [0.25, 0.3) is 0 Å². The molecular weight excluding hydrogens is 182 g/mol. The predicted molar refractivity (Wildman–Crippen MR) is 51.6 cm³/mol. The van der Waals surface area contributed by atoms with Crippen LogP contribution in [0.2, 0.25) is 0 Å². The van der Waals surface area contributed by atoms with E-state index in [1.807, 2.05) is 0 Å². The molecule has 1 aromatic carbocycles. The van der Waals surface area contributed by atoms with Gasteiger partial charge >= 0.3 is 0 Å². The van der Waals surface area contributed by atoms with Crippen LogP contribution in [-0.4, -0.2) is 18.1 Å². The maximum atomic E-state index is 11.1. The highest BCUT2D eigenvalue weighted by Gasteiger charge is 2.20. The van der Waals surface area contributed by atoms with E-state index in [-0.39, 0.29) is 11.7 Å². The molecule has 0 spiro atoms. The van der Waals surface area contributed by atoms with Crippen LogP contribution in [0.1, 0.15) is 12.0 Å². The van der Waals surface area contributed by atoms with Gasteiger partial charge < -0.3 is 15.2 Å². The summed E-state index contributed by atoms with van der Waals surface area (Å²) < 4.78 is 5.08. The van der Waals surface area contributed by atoms with Crippen molar-refractivity contribution in [2.24, 2.45) is 0 Å². The molecule has 0 saturated carbocycles. The first-order valence-corrected chi connectivity index (χ1v) is 4.41. The second-order valence-electron chi connectivity index (χ2n) is 3.19. The van der Waals surface area contributed by atoms with Crippen molar-refractivity contribution < 1.29 is 14.6 Å². The Balaban J connectivity index is 2.52. The first-order chi connectivity index (χ1) is 6.72. The van der Waals surface area contributed by atoms with Gasteiger partial charge in [0.05, 0.1) is 7.11 Å². The summed E-state index contributed by atoms with van der Waals surface area (Å²) in [5.74, 6) is 0.579. The van der Waals surface area contributed by atoms with Crippen LogP contribution in [0, 0.1) is 0 Å². The van der Waals surface area contributed by atoms with Gasteiger partial charge in [0.25, 0.3) is 0 Å². The summed E-state index contributed by atoms with van der Waals surface area (Å²) in [6.45, 7) is 0. The van der Waals surface area contributed by atoms with Crippen molar-refractivity contribution in [2.45, 2.75) is 12.8 Å². The third kappa shape index (κ3) is 1.28. The first kappa shape index (κ1) is 8.87. The van der Waals surface area contributed by atoms with Crippen LogP contribution in [0.4, 0.5) is 5.69 Å². The lowest BCUT2D eigenvalue weighted by Gasteiger charge is -2.19. The number of phenols is 1. The third-order valence-corrected chi connectivity index (χ3v) is 2.32. The average molecular weight is 193 g/mol. The van der Waals surface area contributed by atoms with Gasteiger partial charge in [0.1, 0.15) is 0 Å². The number of phenolic OH excluding ortho intramolecular Hbond substituents is 1. The fraction of sp³-hybridized carbons (Fsp3) is 0.300. The second-order valence-corrected chi connectivity index (χ2v) is 3.19. The van der Waals surface area contributed by atoms with Crippen molar-refractivity contribution in [1.29, 1.82) is 0 Å². The monoisotopic (exact) mass is 193 g/mol. The molecule has 0 radical (unpaired) electrons. The number of nitrogens with one attached hydrogen (secondary N) is 1. The van der Waals surface area contributed by atoms with Crippen LogP contribution in [-0.2, 0) is 11.2 Å². The van der Waals surface area contributed by atoms with E-state index in [0.717, 1.165) is 11.3 Å². The molecule has 0 aliphatic carbocycles. The molecule has 0 fully saturated rings. The predicted octanol–water partition coefficient (Wildman–Crippen LogP) is 1.29. The summed E-state index contributed by atoms with van der Waals surface area (Å²) in [6, 6.07) is 3.20. The van der Waals surface area contributed by atoms with Crippen LogP contribution >= 0.6 is 0 Å². The molecule has 1 aromatic rings. The largest absolute Gasteiger partial charge is 0.504 e. The molecule has 2 rings (SSSR count). The van der Waals surface area contributed by atoms with Crippen molar-refractivity contribution in [3.63, 3.8) is 0 Å². The number of carbonyl (C=O) groups excluding carboxylic acids is 1. The lowest BCUT2D eigenvalue weighted by molar-refractivity contribution is -0.116. The van der Waals surface area contributed by atoms with E-state index < -0.39 is 0 Å². The van der Waals surface area contributed by atoms with E-state index in [1.54, 1.807) is 6.07 Å². The molecule has 4 nitrogen and oxygen atoms in total. The summed E-state index contributed by atoms with van der Waals surface area (Å²) in [7, 11) is 1.51.